The molecule has 4 heteroatoms. The monoisotopic (exact) mass is 274 g/mol. The van der Waals surface area contributed by atoms with E-state index in [1.807, 2.05) is 19.2 Å². The zero-order valence-corrected chi connectivity index (χ0v) is 11.9. The Kier molecular flexibility index (Phi) is 3.92. The number of likely N-dealkylation sites (N-methyl/N-ethyl adjacent to an activating group) is 1. The van der Waals surface area contributed by atoms with Crippen molar-refractivity contribution in [3.63, 3.8) is 0 Å². The maximum absolute atomic E-state index is 11.4. The lowest BCUT2D eigenvalue weighted by atomic mass is 9.92. The van der Waals surface area contributed by atoms with Crippen molar-refractivity contribution in [1.82, 2.24) is 5.32 Å². The predicted octanol–water partition coefficient (Wildman–Crippen LogP) is 2.48. The fraction of sp³-hybridized carbons (Fsp3) is 0.562. The number of aryl methyl sites for hydroxylation is 1. The van der Waals surface area contributed by atoms with Gasteiger partial charge >= 0.3 is 0 Å². The van der Waals surface area contributed by atoms with Gasteiger partial charge in [0.05, 0.1) is 0 Å². The summed E-state index contributed by atoms with van der Waals surface area (Å²) in [7, 11) is 2.01. The lowest BCUT2D eigenvalue weighted by Gasteiger charge is -2.32. The highest BCUT2D eigenvalue weighted by Crippen LogP contribution is 2.29. The first-order valence-electron chi connectivity index (χ1n) is 7.53. The third-order valence-corrected chi connectivity index (χ3v) is 4.33. The summed E-state index contributed by atoms with van der Waals surface area (Å²) in [5.74, 6) is 1.03. The number of ether oxygens (including phenoxy) is 1. The zero-order valence-electron chi connectivity index (χ0n) is 11.9. The number of benzene rings is 1. The molecule has 20 heavy (non-hydrogen) atoms. The molecule has 0 bridgehead atoms. The Hall–Kier alpha value is -1.55. The van der Waals surface area contributed by atoms with E-state index < -0.39 is 0 Å². The second kappa shape index (κ2) is 5.83. The maximum Gasteiger partial charge on any atom is 0.224 e. The van der Waals surface area contributed by atoms with Crippen LogP contribution in [0, 0.1) is 0 Å². The van der Waals surface area contributed by atoms with E-state index in [0.717, 1.165) is 24.3 Å². The van der Waals surface area contributed by atoms with Gasteiger partial charge in [-0.05, 0) is 56.5 Å². The molecule has 108 valence electrons. The van der Waals surface area contributed by atoms with Crippen molar-refractivity contribution in [3.05, 3.63) is 23.8 Å². The number of nitrogens with one attached hydrogen (secondary N) is 2. The van der Waals surface area contributed by atoms with E-state index >= 15 is 0 Å². The molecule has 2 N–H and O–H groups in total. The number of hydrogen-bond acceptors (Lipinski definition) is 3. The molecule has 3 rings (SSSR count). The molecule has 1 heterocycles. The summed E-state index contributed by atoms with van der Waals surface area (Å²) in [6.45, 7) is 0. The molecule has 0 saturated heterocycles. The average molecular weight is 274 g/mol. The minimum Gasteiger partial charge on any atom is -0.489 e. The van der Waals surface area contributed by atoms with Crippen molar-refractivity contribution in [2.24, 2.45) is 0 Å². The highest BCUT2D eigenvalue weighted by molar-refractivity contribution is 5.93. The third-order valence-electron chi connectivity index (χ3n) is 4.33. The molecule has 0 spiro atoms. The fourth-order valence-electron chi connectivity index (χ4n) is 3.18. The first-order valence-corrected chi connectivity index (χ1v) is 7.53. The first kappa shape index (κ1) is 13.4. The molecule has 1 aromatic carbocycles. The van der Waals surface area contributed by atoms with Gasteiger partial charge < -0.3 is 15.4 Å². The zero-order chi connectivity index (χ0) is 13.9. The molecule has 1 aromatic rings. The quantitative estimate of drug-likeness (QED) is 0.890. The van der Waals surface area contributed by atoms with E-state index in [2.05, 4.69) is 16.7 Å². The Morgan fingerprint density at radius 3 is 2.95 bits per heavy atom. The predicted molar refractivity (Wildman–Crippen MR) is 79.1 cm³/mol. The summed E-state index contributed by atoms with van der Waals surface area (Å²) >= 11 is 0. The minimum atomic E-state index is 0.105. The Balaban J connectivity index is 1.73. The molecule has 0 radical (unpaired) electrons. The van der Waals surface area contributed by atoms with Gasteiger partial charge in [-0.1, -0.05) is 6.42 Å². The average Bonchev–Trinajstić information content (AvgIpc) is 2.48. The molecule has 1 aliphatic carbocycles. The smallest absolute Gasteiger partial charge is 0.224 e. The van der Waals surface area contributed by atoms with Gasteiger partial charge in [0, 0.05) is 18.2 Å². The lowest BCUT2D eigenvalue weighted by Crippen LogP contribution is -2.43. The largest absolute Gasteiger partial charge is 0.489 e. The molecule has 1 amide bonds. The van der Waals surface area contributed by atoms with Crippen LogP contribution in [0.25, 0.3) is 0 Å². The second-order valence-electron chi connectivity index (χ2n) is 5.70. The highest BCUT2D eigenvalue weighted by atomic mass is 16.5. The van der Waals surface area contributed by atoms with Crippen LogP contribution in [0.1, 0.15) is 37.7 Å². The Bertz CT molecular complexity index is 501. The first-order chi connectivity index (χ1) is 9.76. The number of hydrogen-bond donors (Lipinski definition) is 2. The van der Waals surface area contributed by atoms with E-state index in [4.69, 9.17) is 4.74 Å². The summed E-state index contributed by atoms with van der Waals surface area (Å²) in [4.78, 5) is 11.4. The number of fused-ring (bicyclic) bond motifs is 1. The molecule has 2 atom stereocenters. The summed E-state index contributed by atoms with van der Waals surface area (Å²) in [6.07, 6.45) is 6.44. The maximum atomic E-state index is 11.4. The lowest BCUT2D eigenvalue weighted by molar-refractivity contribution is -0.116. The number of amides is 1. The molecule has 1 saturated carbocycles. The van der Waals surface area contributed by atoms with Gasteiger partial charge in [0.15, 0.2) is 0 Å². The molecule has 1 fully saturated rings. The molecule has 1 aliphatic heterocycles. The summed E-state index contributed by atoms with van der Waals surface area (Å²) in [6, 6.07) is 6.44. The van der Waals surface area contributed by atoms with Crippen LogP contribution < -0.4 is 15.4 Å². The third kappa shape index (κ3) is 2.80. The van der Waals surface area contributed by atoms with Crippen LogP contribution in [-0.2, 0) is 11.2 Å². The van der Waals surface area contributed by atoms with Crippen molar-refractivity contribution in [1.29, 1.82) is 0 Å². The number of rotatable bonds is 3. The second-order valence-corrected chi connectivity index (χ2v) is 5.70. The van der Waals surface area contributed by atoms with Crippen molar-refractivity contribution >= 4 is 11.6 Å². The van der Waals surface area contributed by atoms with Gasteiger partial charge in [-0.2, -0.15) is 0 Å². The van der Waals surface area contributed by atoms with Crippen LogP contribution in [0.4, 0.5) is 5.69 Å². The minimum absolute atomic E-state index is 0.105. The molecular formula is C16H22N2O2. The van der Waals surface area contributed by atoms with Gasteiger partial charge in [0.25, 0.3) is 0 Å². The summed E-state index contributed by atoms with van der Waals surface area (Å²) in [5.41, 5.74) is 2.11. The summed E-state index contributed by atoms with van der Waals surface area (Å²) in [5, 5.41) is 6.26. The Morgan fingerprint density at radius 2 is 2.10 bits per heavy atom. The van der Waals surface area contributed by atoms with E-state index in [1.54, 1.807) is 0 Å². The van der Waals surface area contributed by atoms with Gasteiger partial charge in [0.2, 0.25) is 5.91 Å². The van der Waals surface area contributed by atoms with Crippen LogP contribution in [0.15, 0.2) is 18.2 Å². The van der Waals surface area contributed by atoms with Gasteiger partial charge in [0.1, 0.15) is 11.9 Å². The van der Waals surface area contributed by atoms with E-state index in [1.165, 1.54) is 24.8 Å². The van der Waals surface area contributed by atoms with Gasteiger partial charge in [-0.3, -0.25) is 4.79 Å². The molecule has 2 unspecified atom stereocenters. The van der Waals surface area contributed by atoms with Gasteiger partial charge in [-0.25, -0.2) is 0 Å². The van der Waals surface area contributed by atoms with Crippen LogP contribution in [-0.4, -0.2) is 25.1 Å². The van der Waals surface area contributed by atoms with E-state index in [9.17, 15) is 4.79 Å². The Morgan fingerprint density at radius 1 is 1.25 bits per heavy atom. The van der Waals surface area contributed by atoms with Crippen LogP contribution in [0.2, 0.25) is 0 Å². The van der Waals surface area contributed by atoms with Gasteiger partial charge in [-0.15, -0.1) is 0 Å². The molecule has 4 nitrogen and oxygen atoms in total. The Labute approximate surface area is 119 Å². The van der Waals surface area contributed by atoms with Crippen molar-refractivity contribution in [2.75, 3.05) is 12.4 Å². The van der Waals surface area contributed by atoms with Crippen molar-refractivity contribution in [2.45, 2.75) is 50.7 Å². The SMILES string of the molecule is CNC1CCCCC1Oc1ccc2c(c1)CCC(=O)N2. The van der Waals surface area contributed by atoms with E-state index in [-0.39, 0.29) is 12.0 Å². The number of carbonyl (C=O) groups excluding carboxylic acids is 1. The number of carbonyl (C=O) groups is 1. The molecule has 0 aromatic heterocycles. The fourth-order valence-corrected chi connectivity index (χ4v) is 3.18. The van der Waals surface area contributed by atoms with Crippen LogP contribution in [0.3, 0.4) is 0 Å². The van der Waals surface area contributed by atoms with E-state index in [0.29, 0.717) is 12.5 Å². The normalized spacial score (nSPS) is 25.8. The topological polar surface area (TPSA) is 50.4 Å². The summed E-state index contributed by atoms with van der Waals surface area (Å²) < 4.78 is 6.18. The van der Waals surface area contributed by atoms with Crippen molar-refractivity contribution in [3.8, 4) is 5.75 Å². The highest BCUT2D eigenvalue weighted by Gasteiger charge is 2.25. The molecular weight excluding hydrogens is 252 g/mol. The molecule has 2 aliphatic rings. The van der Waals surface area contributed by atoms with Crippen LogP contribution >= 0.6 is 0 Å². The standard InChI is InChI=1S/C16H22N2O2/c1-17-14-4-2-3-5-15(14)20-12-7-8-13-11(10-12)6-9-16(19)18-13/h7-8,10,14-15,17H,2-6,9H2,1H3,(H,18,19). The van der Waals surface area contributed by atoms with Crippen molar-refractivity contribution < 1.29 is 9.53 Å². The number of anilines is 1. The van der Waals surface area contributed by atoms with Crippen LogP contribution in [0.5, 0.6) is 5.75 Å².